The van der Waals surface area contributed by atoms with Gasteiger partial charge in [0.2, 0.25) is 0 Å². The van der Waals surface area contributed by atoms with E-state index in [1.54, 1.807) is 0 Å². The van der Waals surface area contributed by atoms with Crippen molar-refractivity contribution >= 4 is 6.08 Å². The van der Waals surface area contributed by atoms with Gasteiger partial charge in [-0.15, -0.1) is 0 Å². The van der Waals surface area contributed by atoms with E-state index in [1.807, 2.05) is 7.05 Å². The summed E-state index contributed by atoms with van der Waals surface area (Å²) in [5, 5.41) is 3.16. The third-order valence-corrected chi connectivity index (χ3v) is 2.11. The van der Waals surface area contributed by atoms with Gasteiger partial charge in [0.1, 0.15) is 0 Å². The molecule has 1 aromatic rings. The molecule has 0 amide bonds. The van der Waals surface area contributed by atoms with Crippen LogP contribution in [-0.2, 0) is 0 Å². The minimum Gasteiger partial charge on any atom is -0.314 e. The van der Waals surface area contributed by atoms with Gasteiger partial charge < -0.3 is 5.32 Å². The van der Waals surface area contributed by atoms with Crippen molar-refractivity contribution in [2.45, 2.75) is 19.9 Å². The fourth-order valence-corrected chi connectivity index (χ4v) is 1.03. The summed E-state index contributed by atoms with van der Waals surface area (Å²) in [5.41, 5.74) is 2.56. The molecule has 0 aliphatic rings. The molecule has 1 atom stereocenters. The smallest absolute Gasteiger partial charge is 0.0221 e. The minimum absolute atomic E-state index is 0.432. The van der Waals surface area contributed by atoms with Gasteiger partial charge in [0.15, 0.2) is 0 Å². The highest BCUT2D eigenvalue weighted by atomic mass is 14.8. The molecule has 13 heavy (non-hydrogen) atoms. The molecule has 0 bridgehead atoms. The van der Waals surface area contributed by atoms with Crippen molar-refractivity contribution in [3.8, 4) is 0 Å². The number of rotatable bonds is 3. The van der Waals surface area contributed by atoms with Crippen LogP contribution in [0, 0.1) is 6.92 Å². The van der Waals surface area contributed by atoms with Gasteiger partial charge in [0, 0.05) is 6.04 Å². The van der Waals surface area contributed by atoms with E-state index in [1.165, 1.54) is 11.1 Å². The van der Waals surface area contributed by atoms with E-state index in [4.69, 9.17) is 0 Å². The maximum Gasteiger partial charge on any atom is 0.0221 e. The molecule has 1 N–H and O–H groups in total. The molecule has 70 valence electrons. The zero-order valence-electron chi connectivity index (χ0n) is 8.54. The summed E-state index contributed by atoms with van der Waals surface area (Å²) >= 11 is 0. The lowest BCUT2D eigenvalue weighted by molar-refractivity contribution is 0.731. The summed E-state index contributed by atoms with van der Waals surface area (Å²) in [6, 6.07) is 8.96. The van der Waals surface area contributed by atoms with Gasteiger partial charge in [-0.05, 0) is 26.5 Å². The molecule has 0 aliphatic heterocycles. The van der Waals surface area contributed by atoms with Gasteiger partial charge in [-0.2, -0.15) is 0 Å². The molecule has 1 aromatic carbocycles. The Bertz CT molecular complexity index is 272. The number of hydrogen-bond acceptors (Lipinski definition) is 1. The Morgan fingerprint density at radius 3 is 2.38 bits per heavy atom. The highest BCUT2D eigenvalue weighted by Gasteiger charge is 1.90. The highest BCUT2D eigenvalue weighted by molar-refractivity contribution is 5.50. The van der Waals surface area contributed by atoms with E-state index >= 15 is 0 Å². The molecule has 0 heterocycles. The van der Waals surface area contributed by atoms with Gasteiger partial charge >= 0.3 is 0 Å². The van der Waals surface area contributed by atoms with E-state index < -0.39 is 0 Å². The average Bonchev–Trinajstić information content (AvgIpc) is 2.16. The summed E-state index contributed by atoms with van der Waals surface area (Å²) in [5.74, 6) is 0. The quantitative estimate of drug-likeness (QED) is 0.744. The van der Waals surface area contributed by atoms with Crippen LogP contribution in [0.1, 0.15) is 18.1 Å². The van der Waals surface area contributed by atoms with Crippen LogP contribution in [-0.4, -0.2) is 13.1 Å². The van der Waals surface area contributed by atoms with Crippen molar-refractivity contribution in [1.29, 1.82) is 0 Å². The van der Waals surface area contributed by atoms with E-state index in [-0.39, 0.29) is 0 Å². The Balaban J connectivity index is 2.64. The highest BCUT2D eigenvalue weighted by Crippen LogP contribution is 2.05. The zero-order valence-corrected chi connectivity index (χ0v) is 8.54. The molecule has 0 fully saturated rings. The van der Waals surface area contributed by atoms with Crippen LogP contribution >= 0.6 is 0 Å². The lowest BCUT2D eigenvalue weighted by Gasteiger charge is -2.02. The predicted octanol–water partition coefficient (Wildman–Crippen LogP) is 2.62. The third-order valence-electron chi connectivity index (χ3n) is 2.11. The SMILES string of the molecule is CN[C@H](C)/C=C/c1ccc(C)cc1. The van der Waals surface area contributed by atoms with Crippen LogP contribution in [0.5, 0.6) is 0 Å². The first-order chi connectivity index (χ1) is 6.22. The van der Waals surface area contributed by atoms with Crippen molar-refractivity contribution < 1.29 is 0 Å². The zero-order chi connectivity index (χ0) is 9.68. The van der Waals surface area contributed by atoms with Crippen LogP contribution in [0.15, 0.2) is 30.3 Å². The lowest BCUT2D eigenvalue weighted by atomic mass is 10.1. The number of likely N-dealkylation sites (N-methyl/N-ethyl adjacent to an activating group) is 1. The Labute approximate surface area is 80.5 Å². The van der Waals surface area contributed by atoms with Gasteiger partial charge in [-0.25, -0.2) is 0 Å². The largest absolute Gasteiger partial charge is 0.314 e. The number of nitrogens with one attached hydrogen (secondary N) is 1. The third kappa shape index (κ3) is 3.43. The van der Waals surface area contributed by atoms with Crippen molar-refractivity contribution in [2.75, 3.05) is 7.05 Å². The first-order valence-electron chi connectivity index (χ1n) is 4.64. The summed E-state index contributed by atoms with van der Waals surface area (Å²) in [6.45, 7) is 4.23. The van der Waals surface area contributed by atoms with E-state index in [2.05, 4.69) is 55.6 Å². The molecule has 0 aromatic heterocycles. The van der Waals surface area contributed by atoms with Crippen LogP contribution < -0.4 is 5.32 Å². The fraction of sp³-hybridized carbons (Fsp3) is 0.333. The number of benzene rings is 1. The molecule has 0 unspecified atom stereocenters. The molecular weight excluding hydrogens is 158 g/mol. The second-order valence-electron chi connectivity index (χ2n) is 3.35. The Kier molecular flexibility index (Phi) is 3.71. The summed E-state index contributed by atoms with van der Waals surface area (Å²) in [6.07, 6.45) is 4.30. The van der Waals surface area contributed by atoms with Gasteiger partial charge in [0.25, 0.3) is 0 Å². The molecule has 1 rings (SSSR count). The normalized spacial score (nSPS) is 13.5. The van der Waals surface area contributed by atoms with Crippen molar-refractivity contribution in [1.82, 2.24) is 5.32 Å². The maximum atomic E-state index is 3.16. The van der Waals surface area contributed by atoms with E-state index in [0.717, 1.165) is 0 Å². The monoisotopic (exact) mass is 175 g/mol. The van der Waals surface area contributed by atoms with Crippen molar-refractivity contribution in [2.24, 2.45) is 0 Å². The molecular formula is C12H17N. The maximum absolute atomic E-state index is 3.16. The summed E-state index contributed by atoms with van der Waals surface area (Å²) < 4.78 is 0. The van der Waals surface area contributed by atoms with Crippen LogP contribution in [0.3, 0.4) is 0 Å². The van der Waals surface area contributed by atoms with Gasteiger partial charge in [-0.3, -0.25) is 0 Å². The summed E-state index contributed by atoms with van der Waals surface area (Å²) in [7, 11) is 1.96. The molecule has 0 spiro atoms. The van der Waals surface area contributed by atoms with Crippen molar-refractivity contribution in [3.05, 3.63) is 41.5 Å². The van der Waals surface area contributed by atoms with E-state index in [0.29, 0.717) is 6.04 Å². The Morgan fingerprint density at radius 2 is 1.85 bits per heavy atom. The Hall–Kier alpha value is -1.08. The van der Waals surface area contributed by atoms with Crippen LogP contribution in [0.25, 0.3) is 6.08 Å². The number of hydrogen-bond donors (Lipinski definition) is 1. The van der Waals surface area contributed by atoms with Gasteiger partial charge in [0.05, 0.1) is 0 Å². The molecule has 0 aliphatic carbocycles. The first-order valence-corrected chi connectivity index (χ1v) is 4.64. The predicted molar refractivity (Wildman–Crippen MR) is 58.7 cm³/mol. The fourth-order valence-electron chi connectivity index (χ4n) is 1.03. The van der Waals surface area contributed by atoms with Crippen molar-refractivity contribution in [3.63, 3.8) is 0 Å². The van der Waals surface area contributed by atoms with Crippen LogP contribution in [0.4, 0.5) is 0 Å². The molecule has 0 saturated carbocycles. The average molecular weight is 175 g/mol. The second-order valence-corrected chi connectivity index (χ2v) is 3.35. The Morgan fingerprint density at radius 1 is 1.23 bits per heavy atom. The lowest BCUT2D eigenvalue weighted by Crippen LogP contribution is -2.17. The van der Waals surface area contributed by atoms with Crippen LogP contribution in [0.2, 0.25) is 0 Å². The standard InChI is InChI=1S/C12H17N/c1-10-4-7-12(8-5-10)9-6-11(2)13-3/h4-9,11,13H,1-3H3/b9-6+/t11-/m1/s1. The first kappa shape index (κ1) is 10.0. The topological polar surface area (TPSA) is 12.0 Å². The number of aryl methyl sites for hydroxylation is 1. The second kappa shape index (κ2) is 4.83. The molecule has 0 saturated heterocycles. The molecule has 1 nitrogen and oxygen atoms in total. The molecule has 1 heteroatoms. The molecule has 0 radical (unpaired) electrons. The minimum atomic E-state index is 0.432. The summed E-state index contributed by atoms with van der Waals surface area (Å²) in [4.78, 5) is 0. The van der Waals surface area contributed by atoms with E-state index in [9.17, 15) is 0 Å². The van der Waals surface area contributed by atoms with Gasteiger partial charge in [-0.1, -0.05) is 42.0 Å².